The average molecular weight is 399 g/mol. The first-order valence-electron chi connectivity index (χ1n) is 8.67. The first-order chi connectivity index (χ1) is 13.4. The molecule has 0 bridgehead atoms. The molecule has 2 aromatic carbocycles. The van der Waals surface area contributed by atoms with E-state index in [1.54, 1.807) is 31.2 Å². The van der Waals surface area contributed by atoms with E-state index in [2.05, 4.69) is 5.10 Å². The molecule has 6 nitrogen and oxygen atoms in total. The molecule has 0 saturated carbocycles. The third-order valence-electron chi connectivity index (χ3n) is 3.95. The molecule has 0 saturated heterocycles. The molecule has 0 N–H and O–H groups in total. The molecule has 0 aliphatic carbocycles. The number of benzene rings is 2. The number of carbonyl (C=O) groups is 1. The van der Waals surface area contributed by atoms with Crippen molar-refractivity contribution in [2.24, 2.45) is 0 Å². The van der Waals surface area contributed by atoms with Crippen molar-refractivity contribution in [3.8, 4) is 11.4 Å². The van der Waals surface area contributed by atoms with Crippen molar-refractivity contribution in [1.82, 2.24) is 9.78 Å². The molecule has 3 aromatic rings. The minimum atomic E-state index is -0.791. The minimum Gasteiger partial charge on any atom is -0.490 e. The number of esters is 1. The summed E-state index contributed by atoms with van der Waals surface area (Å²) in [5, 5.41) is 4.75. The van der Waals surface area contributed by atoms with Crippen molar-refractivity contribution in [3.05, 3.63) is 86.8 Å². The highest BCUT2D eigenvalue weighted by molar-refractivity contribution is 6.30. The standard InChI is InChI=1S/C21H19ClN2O4/c1-14-4-3-5-18(12-14)27-10-11-28-21(26)20-19(25)13-15(2)24(23-20)17-8-6-16(22)7-9-17/h3-9,12-13H,10-11H2,1-2H3. The number of rotatable bonds is 6. The summed E-state index contributed by atoms with van der Waals surface area (Å²) >= 11 is 5.90. The number of carbonyl (C=O) groups excluding carboxylic acids is 1. The normalized spacial score (nSPS) is 10.5. The first-order valence-corrected chi connectivity index (χ1v) is 9.05. The van der Waals surface area contributed by atoms with Gasteiger partial charge in [0.15, 0.2) is 0 Å². The molecular formula is C21H19ClN2O4. The van der Waals surface area contributed by atoms with E-state index in [4.69, 9.17) is 21.1 Å². The lowest BCUT2D eigenvalue weighted by Gasteiger charge is -2.11. The summed E-state index contributed by atoms with van der Waals surface area (Å²) in [5.41, 5.74) is 1.56. The average Bonchev–Trinajstić information content (AvgIpc) is 2.66. The third kappa shape index (κ3) is 4.78. The summed E-state index contributed by atoms with van der Waals surface area (Å²) in [7, 11) is 0. The van der Waals surface area contributed by atoms with E-state index < -0.39 is 11.4 Å². The molecule has 0 unspecified atom stereocenters. The molecule has 0 spiro atoms. The molecule has 1 aromatic heterocycles. The Balaban J connectivity index is 1.68. The molecule has 0 aliphatic rings. The van der Waals surface area contributed by atoms with Gasteiger partial charge >= 0.3 is 5.97 Å². The van der Waals surface area contributed by atoms with Gasteiger partial charge in [0.2, 0.25) is 11.1 Å². The maximum absolute atomic E-state index is 12.3. The minimum absolute atomic E-state index is 0.00270. The molecule has 144 valence electrons. The topological polar surface area (TPSA) is 70.4 Å². The van der Waals surface area contributed by atoms with Gasteiger partial charge < -0.3 is 9.47 Å². The molecule has 0 fully saturated rings. The van der Waals surface area contributed by atoms with Gasteiger partial charge in [-0.05, 0) is 55.8 Å². The second-order valence-electron chi connectivity index (χ2n) is 6.19. The van der Waals surface area contributed by atoms with Gasteiger partial charge in [-0.15, -0.1) is 0 Å². The predicted molar refractivity (Wildman–Crippen MR) is 107 cm³/mol. The van der Waals surface area contributed by atoms with Crippen LogP contribution in [0.2, 0.25) is 5.02 Å². The molecule has 0 aliphatic heterocycles. The summed E-state index contributed by atoms with van der Waals surface area (Å²) in [6, 6.07) is 15.8. The van der Waals surface area contributed by atoms with Crippen LogP contribution in [-0.2, 0) is 4.74 Å². The van der Waals surface area contributed by atoms with Crippen molar-refractivity contribution in [2.75, 3.05) is 13.2 Å². The SMILES string of the molecule is Cc1cccc(OCCOC(=O)c2nn(-c3ccc(Cl)cc3)c(C)cc2=O)c1. The quantitative estimate of drug-likeness (QED) is 0.467. The van der Waals surface area contributed by atoms with Crippen LogP contribution < -0.4 is 10.2 Å². The van der Waals surface area contributed by atoms with Crippen LogP contribution in [0.25, 0.3) is 5.69 Å². The van der Waals surface area contributed by atoms with Crippen LogP contribution in [0.1, 0.15) is 21.7 Å². The van der Waals surface area contributed by atoms with E-state index in [0.29, 0.717) is 22.2 Å². The Morgan fingerprint density at radius 3 is 2.54 bits per heavy atom. The number of nitrogens with zero attached hydrogens (tertiary/aromatic N) is 2. The van der Waals surface area contributed by atoms with E-state index in [-0.39, 0.29) is 18.9 Å². The van der Waals surface area contributed by atoms with E-state index in [1.165, 1.54) is 10.7 Å². The predicted octanol–water partition coefficient (Wildman–Crippen LogP) is 3.74. The summed E-state index contributed by atoms with van der Waals surface area (Å²) in [4.78, 5) is 24.5. The highest BCUT2D eigenvalue weighted by Crippen LogP contribution is 2.14. The highest BCUT2D eigenvalue weighted by atomic mass is 35.5. The van der Waals surface area contributed by atoms with Crippen LogP contribution in [0, 0.1) is 13.8 Å². The van der Waals surface area contributed by atoms with Gasteiger partial charge in [-0.2, -0.15) is 5.10 Å². The number of hydrogen-bond donors (Lipinski definition) is 0. The van der Waals surface area contributed by atoms with Crippen molar-refractivity contribution >= 4 is 17.6 Å². The number of halogens is 1. The molecule has 28 heavy (non-hydrogen) atoms. The van der Waals surface area contributed by atoms with Gasteiger partial charge in [-0.3, -0.25) is 4.79 Å². The number of hydrogen-bond acceptors (Lipinski definition) is 5. The Labute approximate surface area is 167 Å². The van der Waals surface area contributed by atoms with Gasteiger partial charge in [0.05, 0.1) is 5.69 Å². The number of aromatic nitrogens is 2. The first kappa shape index (κ1) is 19.6. The van der Waals surface area contributed by atoms with Gasteiger partial charge in [0, 0.05) is 16.8 Å². The van der Waals surface area contributed by atoms with Crippen LogP contribution in [0.15, 0.2) is 59.4 Å². The Morgan fingerprint density at radius 1 is 1.07 bits per heavy atom. The molecule has 0 amide bonds. The van der Waals surface area contributed by atoms with E-state index in [9.17, 15) is 9.59 Å². The Kier molecular flexibility index (Phi) is 6.11. The van der Waals surface area contributed by atoms with Gasteiger partial charge in [-0.1, -0.05) is 23.7 Å². The van der Waals surface area contributed by atoms with Crippen molar-refractivity contribution < 1.29 is 14.3 Å². The Morgan fingerprint density at radius 2 is 1.82 bits per heavy atom. The molecular weight excluding hydrogens is 380 g/mol. The zero-order valence-corrected chi connectivity index (χ0v) is 16.3. The Hall–Kier alpha value is -3.12. The van der Waals surface area contributed by atoms with Gasteiger partial charge in [-0.25, -0.2) is 9.48 Å². The lowest BCUT2D eigenvalue weighted by atomic mass is 10.2. The van der Waals surface area contributed by atoms with Crippen LogP contribution in [0.5, 0.6) is 5.75 Å². The van der Waals surface area contributed by atoms with Crippen molar-refractivity contribution in [3.63, 3.8) is 0 Å². The summed E-state index contributed by atoms with van der Waals surface area (Å²) in [6.45, 7) is 3.87. The fourth-order valence-electron chi connectivity index (χ4n) is 2.60. The van der Waals surface area contributed by atoms with Crippen molar-refractivity contribution in [2.45, 2.75) is 13.8 Å². The summed E-state index contributed by atoms with van der Waals surface area (Å²) in [6.07, 6.45) is 0. The van der Waals surface area contributed by atoms with Gasteiger partial charge in [0.1, 0.15) is 19.0 Å². The lowest BCUT2D eigenvalue weighted by molar-refractivity contribution is 0.0439. The maximum Gasteiger partial charge on any atom is 0.363 e. The molecule has 1 heterocycles. The fourth-order valence-corrected chi connectivity index (χ4v) is 2.73. The smallest absolute Gasteiger partial charge is 0.363 e. The zero-order valence-electron chi connectivity index (χ0n) is 15.5. The third-order valence-corrected chi connectivity index (χ3v) is 4.20. The second kappa shape index (κ2) is 8.71. The summed E-state index contributed by atoms with van der Waals surface area (Å²) in [5.74, 6) is -0.102. The van der Waals surface area contributed by atoms with E-state index in [0.717, 1.165) is 5.56 Å². The van der Waals surface area contributed by atoms with Crippen LogP contribution in [0.3, 0.4) is 0 Å². The molecule has 0 radical (unpaired) electrons. The van der Waals surface area contributed by atoms with Crippen molar-refractivity contribution in [1.29, 1.82) is 0 Å². The summed E-state index contributed by atoms with van der Waals surface area (Å²) < 4.78 is 12.2. The maximum atomic E-state index is 12.3. The molecule has 3 rings (SSSR count). The van der Waals surface area contributed by atoms with E-state index >= 15 is 0 Å². The largest absolute Gasteiger partial charge is 0.490 e. The van der Waals surface area contributed by atoms with Crippen LogP contribution >= 0.6 is 11.6 Å². The number of ether oxygens (including phenoxy) is 2. The second-order valence-corrected chi connectivity index (χ2v) is 6.62. The van der Waals surface area contributed by atoms with Gasteiger partial charge in [0.25, 0.3) is 0 Å². The monoisotopic (exact) mass is 398 g/mol. The van der Waals surface area contributed by atoms with Crippen LogP contribution in [0.4, 0.5) is 0 Å². The lowest BCUT2D eigenvalue weighted by Crippen LogP contribution is -2.25. The zero-order chi connectivity index (χ0) is 20.1. The molecule has 7 heteroatoms. The number of aryl methyl sites for hydroxylation is 2. The van der Waals surface area contributed by atoms with Crippen LogP contribution in [-0.4, -0.2) is 29.0 Å². The van der Waals surface area contributed by atoms with E-state index in [1.807, 2.05) is 31.2 Å². The molecule has 0 atom stereocenters. The Bertz CT molecular complexity index is 1050. The fraction of sp³-hybridized carbons (Fsp3) is 0.190. The highest BCUT2D eigenvalue weighted by Gasteiger charge is 2.17.